The van der Waals surface area contributed by atoms with Crippen molar-refractivity contribution < 1.29 is 17.9 Å². The summed E-state index contributed by atoms with van der Waals surface area (Å²) in [6.45, 7) is 1.89. The van der Waals surface area contributed by atoms with Gasteiger partial charge in [-0.25, -0.2) is 8.42 Å². The molecule has 24 heavy (non-hydrogen) atoms. The predicted octanol–water partition coefficient (Wildman–Crippen LogP) is 3.54. The minimum absolute atomic E-state index is 0.193. The molecule has 128 valence electrons. The van der Waals surface area contributed by atoms with E-state index < -0.39 is 21.7 Å². The zero-order valence-corrected chi connectivity index (χ0v) is 14.9. The molecule has 6 heteroatoms. The van der Waals surface area contributed by atoms with E-state index in [-0.39, 0.29) is 23.7 Å². The lowest BCUT2D eigenvalue weighted by Gasteiger charge is -2.16. The van der Waals surface area contributed by atoms with E-state index in [4.69, 9.17) is 16.3 Å². The van der Waals surface area contributed by atoms with Crippen LogP contribution in [-0.4, -0.2) is 26.7 Å². The highest BCUT2D eigenvalue weighted by molar-refractivity contribution is 7.91. The molecule has 0 heterocycles. The largest absolute Gasteiger partial charge is 0.466 e. The van der Waals surface area contributed by atoms with Crippen molar-refractivity contribution in [2.45, 2.75) is 18.2 Å². The van der Waals surface area contributed by atoms with E-state index in [0.29, 0.717) is 5.02 Å². The fourth-order valence-corrected chi connectivity index (χ4v) is 4.15. The molecule has 0 aliphatic heterocycles. The Bertz CT molecular complexity index is 788. The first-order valence-electron chi connectivity index (χ1n) is 7.62. The van der Waals surface area contributed by atoms with Crippen LogP contribution < -0.4 is 0 Å². The Hall–Kier alpha value is -1.85. The maximum atomic E-state index is 12.6. The number of hydrogen-bond acceptors (Lipinski definition) is 4. The number of esters is 1. The highest BCUT2D eigenvalue weighted by Gasteiger charge is 2.28. The topological polar surface area (TPSA) is 60.4 Å². The van der Waals surface area contributed by atoms with E-state index in [9.17, 15) is 13.2 Å². The van der Waals surface area contributed by atoms with Crippen LogP contribution in [0.2, 0.25) is 5.02 Å². The molecule has 1 atom stereocenters. The molecule has 0 saturated heterocycles. The Morgan fingerprint density at radius 2 is 1.71 bits per heavy atom. The number of halogens is 1. The first-order chi connectivity index (χ1) is 11.4. The van der Waals surface area contributed by atoms with Crippen LogP contribution in [-0.2, 0) is 25.8 Å². The van der Waals surface area contributed by atoms with Gasteiger partial charge >= 0.3 is 5.97 Å². The van der Waals surface area contributed by atoms with Gasteiger partial charge in [0, 0.05) is 5.02 Å². The van der Waals surface area contributed by atoms with Crippen molar-refractivity contribution in [3.63, 3.8) is 0 Å². The zero-order chi connectivity index (χ0) is 17.6. The summed E-state index contributed by atoms with van der Waals surface area (Å²) in [6.07, 6.45) is 0.213. The third-order valence-corrected chi connectivity index (χ3v) is 5.77. The molecule has 0 saturated carbocycles. The second-order valence-corrected chi connectivity index (χ2v) is 7.78. The Labute approximate surface area is 147 Å². The molecule has 0 aromatic heterocycles. The highest BCUT2D eigenvalue weighted by Crippen LogP contribution is 2.22. The van der Waals surface area contributed by atoms with Crippen molar-refractivity contribution in [3.05, 3.63) is 65.2 Å². The number of carbonyl (C=O) groups excluding carboxylic acids is 1. The summed E-state index contributed by atoms with van der Waals surface area (Å²) in [5.74, 6) is -1.66. The van der Waals surface area contributed by atoms with Gasteiger partial charge in [0.1, 0.15) is 0 Å². The molecule has 0 aliphatic rings. The van der Waals surface area contributed by atoms with Crippen LogP contribution >= 0.6 is 11.6 Å². The van der Waals surface area contributed by atoms with Gasteiger partial charge in [-0.1, -0.05) is 48.0 Å². The lowest BCUT2D eigenvalue weighted by molar-refractivity contribution is -0.147. The smallest absolute Gasteiger partial charge is 0.310 e. The molecular weight excluding hydrogens is 348 g/mol. The minimum Gasteiger partial charge on any atom is -0.466 e. The van der Waals surface area contributed by atoms with Crippen LogP contribution in [0, 0.1) is 5.92 Å². The number of carbonyl (C=O) groups is 1. The molecular formula is C18H19ClO4S. The summed E-state index contributed by atoms with van der Waals surface area (Å²) < 4.78 is 30.2. The van der Waals surface area contributed by atoms with Crippen molar-refractivity contribution in [2.24, 2.45) is 5.92 Å². The zero-order valence-electron chi connectivity index (χ0n) is 13.3. The van der Waals surface area contributed by atoms with Gasteiger partial charge in [0.15, 0.2) is 9.84 Å². The van der Waals surface area contributed by atoms with E-state index in [1.165, 1.54) is 12.1 Å². The van der Waals surface area contributed by atoms with Gasteiger partial charge in [-0.15, -0.1) is 0 Å². The van der Waals surface area contributed by atoms with Crippen LogP contribution in [0.25, 0.3) is 0 Å². The second-order valence-electron chi connectivity index (χ2n) is 5.34. The van der Waals surface area contributed by atoms with Gasteiger partial charge in [-0.05, 0) is 37.1 Å². The second kappa shape index (κ2) is 8.31. The number of benzene rings is 2. The molecule has 0 aliphatic carbocycles. The average Bonchev–Trinajstić information content (AvgIpc) is 2.57. The van der Waals surface area contributed by atoms with Gasteiger partial charge in [0.2, 0.25) is 0 Å². The normalized spacial score (nSPS) is 12.6. The third kappa shape index (κ3) is 4.82. The van der Waals surface area contributed by atoms with Crippen molar-refractivity contribution >= 4 is 27.4 Å². The fraction of sp³-hybridized carbons (Fsp3) is 0.278. The van der Waals surface area contributed by atoms with Gasteiger partial charge in [-0.3, -0.25) is 4.79 Å². The Kier molecular flexibility index (Phi) is 6.40. The average molecular weight is 367 g/mol. The molecule has 1 unspecified atom stereocenters. The summed E-state index contributed by atoms with van der Waals surface area (Å²) >= 11 is 6.14. The van der Waals surface area contributed by atoms with E-state index in [1.807, 2.05) is 0 Å². The molecule has 0 fully saturated rings. The Morgan fingerprint density at radius 3 is 2.33 bits per heavy atom. The molecule has 0 radical (unpaired) electrons. The maximum Gasteiger partial charge on any atom is 0.310 e. The van der Waals surface area contributed by atoms with Crippen LogP contribution in [0.15, 0.2) is 59.5 Å². The number of sulfone groups is 1. The third-order valence-electron chi connectivity index (χ3n) is 3.57. The summed E-state index contributed by atoms with van der Waals surface area (Å²) in [5, 5.41) is 0.504. The summed E-state index contributed by atoms with van der Waals surface area (Å²) in [7, 11) is -3.60. The molecule has 0 N–H and O–H groups in total. The highest BCUT2D eigenvalue weighted by atomic mass is 35.5. The molecule has 0 amide bonds. The molecule has 0 bridgehead atoms. The summed E-state index contributed by atoms with van der Waals surface area (Å²) in [5.41, 5.74) is 0.723. The van der Waals surface area contributed by atoms with Crippen LogP contribution in [0.1, 0.15) is 12.5 Å². The van der Waals surface area contributed by atoms with Crippen molar-refractivity contribution in [3.8, 4) is 0 Å². The quantitative estimate of drug-likeness (QED) is 0.703. The number of ether oxygens (including phenoxy) is 1. The maximum absolute atomic E-state index is 12.6. The summed E-state index contributed by atoms with van der Waals surface area (Å²) in [4.78, 5) is 12.4. The number of hydrogen-bond donors (Lipinski definition) is 0. The van der Waals surface area contributed by atoms with Crippen molar-refractivity contribution in [1.29, 1.82) is 0 Å². The van der Waals surface area contributed by atoms with Crippen LogP contribution in [0.3, 0.4) is 0 Å². The SMILES string of the molecule is CCOC(=O)C(Cc1ccccc1Cl)CS(=O)(=O)c1ccccc1. The standard InChI is InChI=1S/C18H19ClO4S/c1-2-23-18(20)15(12-14-8-6-7-11-17(14)19)13-24(21,22)16-9-4-3-5-10-16/h3-11,15H,2,12-13H2,1H3. The van der Waals surface area contributed by atoms with Gasteiger partial charge in [0.25, 0.3) is 0 Å². The van der Waals surface area contributed by atoms with Gasteiger partial charge in [-0.2, -0.15) is 0 Å². The van der Waals surface area contributed by atoms with E-state index >= 15 is 0 Å². The Morgan fingerprint density at radius 1 is 1.08 bits per heavy atom. The van der Waals surface area contributed by atoms with Crippen LogP contribution in [0.4, 0.5) is 0 Å². The van der Waals surface area contributed by atoms with Gasteiger partial charge < -0.3 is 4.74 Å². The molecule has 2 aromatic rings. The van der Waals surface area contributed by atoms with E-state index in [2.05, 4.69) is 0 Å². The van der Waals surface area contributed by atoms with Crippen molar-refractivity contribution in [1.82, 2.24) is 0 Å². The molecule has 0 spiro atoms. The van der Waals surface area contributed by atoms with Crippen LogP contribution in [0.5, 0.6) is 0 Å². The minimum atomic E-state index is -3.60. The lowest BCUT2D eigenvalue weighted by atomic mass is 10.0. The monoisotopic (exact) mass is 366 g/mol. The predicted molar refractivity (Wildman–Crippen MR) is 93.8 cm³/mol. The number of rotatable bonds is 7. The first kappa shape index (κ1) is 18.5. The fourth-order valence-electron chi connectivity index (χ4n) is 2.39. The molecule has 2 rings (SSSR count). The summed E-state index contributed by atoms with van der Waals surface area (Å²) in [6, 6.07) is 15.2. The lowest BCUT2D eigenvalue weighted by Crippen LogP contribution is -2.28. The van der Waals surface area contributed by atoms with E-state index in [0.717, 1.165) is 5.56 Å². The molecule has 4 nitrogen and oxygen atoms in total. The molecule has 2 aromatic carbocycles. The first-order valence-corrected chi connectivity index (χ1v) is 9.65. The van der Waals surface area contributed by atoms with Crippen molar-refractivity contribution in [2.75, 3.05) is 12.4 Å². The van der Waals surface area contributed by atoms with E-state index in [1.54, 1.807) is 49.4 Å². The van der Waals surface area contributed by atoms with Gasteiger partial charge in [0.05, 0.1) is 23.2 Å². The Balaban J connectivity index is 2.27.